The predicted octanol–water partition coefficient (Wildman–Crippen LogP) is 2.48. The zero-order valence-electron chi connectivity index (χ0n) is 15.1. The van der Waals surface area contributed by atoms with Crippen molar-refractivity contribution in [1.29, 1.82) is 0 Å². The molecule has 1 saturated carbocycles. The van der Waals surface area contributed by atoms with Crippen LogP contribution in [0.15, 0.2) is 30.3 Å². The van der Waals surface area contributed by atoms with Crippen LogP contribution in [-0.4, -0.2) is 49.8 Å². The van der Waals surface area contributed by atoms with Gasteiger partial charge in [0.05, 0.1) is 12.1 Å². The molecule has 5 heteroatoms. The van der Waals surface area contributed by atoms with Crippen LogP contribution in [-0.2, 0) is 10.3 Å². The van der Waals surface area contributed by atoms with Crippen LogP contribution in [0.4, 0.5) is 4.79 Å². The Bertz CT molecular complexity index is 605. The molecule has 1 aliphatic carbocycles. The number of nitrogens with zero attached hydrogens (tertiary/aromatic N) is 1. The van der Waals surface area contributed by atoms with Crippen LogP contribution in [0.25, 0.3) is 0 Å². The molecule has 2 amide bonds. The highest BCUT2D eigenvalue weighted by Crippen LogP contribution is 2.46. The van der Waals surface area contributed by atoms with E-state index < -0.39 is 0 Å². The van der Waals surface area contributed by atoms with E-state index in [1.807, 2.05) is 0 Å². The summed E-state index contributed by atoms with van der Waals surface area (Å²) in [6.07, 6.45) is 5.35. The van der Waals surface area contributed by atoms with Crippen molar-refractivity contribution >= 4 is 6.03 Å². The summed E-state index contributed by atoms with van der Waals surface area (Å²) in [5, 5.41) is 6.14. The van der Waals surface area contributed by atoms with Gasteiger partial charge in [0.1, 0.15) is 0 Å². The molecule has 0 bridgehead atoms. The molecular weight excluding hydrogens is 314 g/mol. The predicted molar refractivity (Wildman–Crippen MR) is 97.4 cm³/mol. The van der Waals surface area contributed by atoms with E-state index >= 15 is 0 Å². The van der Waals surface area contributed by atoms with Gasteiger partial charge in [-0.1, -0.05) is 30.3 Å². The van der Waals surface area contributed by atoms with E-state index in [0.29, 0.717) is 5.92 Å². The minimum absolute atomic E-state index is 0.0105. The van der Waals surface area contributed by atoms with Crippen LogP contribution < -0.4 is 10.6 Å². The van der Waals surface area contributed by atoms with E-state index in [2.05, 4.69) is 52.9 Å². The van der Waals surface area contributed by atoms with Crippen molar-refractivity contribution in [1.82, 2.24) is 15.5 Å². The number of carbonyl (C=O) groups is 1. The lowest BCUT2D eigenvalue weighted by Gasteiger charge is -2.50. The maximum absolute atomic E-state index is 11.7. The standard InChI is InChI=1S/C20H29N3O2/c1-23(13-16-7-12-25-14-16)20(17-5-3-2-4-6-17)10-8-19(9-11-20)15-21-18(24)22-19/h2-6,16H,7-15H2,1H3,(H2,21,22,24). The summed E-state index contributed by atoms with van der Waals surface area (Å²) in [6.45, 7) is 3.63. The van der Waals surface area contributed by atoms with E-state index in [4.69, 9.17) is 4.74 Å². The van der Waals surface area contributed by atoms with Gasteiger partial charge in [-0.3, -0.25) is 4.90 Å². The molecule has 3 aliphatic rings. The van der Waals surface area contributed by atoms with Crippen LogP contribution in [0.3, 0.4) is 0 Å². The summed E-state index contributed by atoms with van der Waals surface area (Å²) in [6, 6.07) is 10.9. The fraction of sp³-hybridized carbons (Fsp3) is 0.650. The van der Waals surface area contributed by atoms with Gasteiger partial charge in [-0.2, -0.15) is 0 Å². The first-order chi connectivity index (χ1) is 12.1. The molecule has 25 heavy (non-hydrogen) atoms. The van der Waals surface area contributed by atoms with Gasteiger partial charge in [0.25, 0.3) is 0 Å². The van der Waals surface area contributed by atoms with Crippen molar-refractivity contribution < 1.29 is 9.53 Å². The van der Waals surface area contributed by atoms with Gasteiger partial charge in [0.15, 0.2) is 0 Å². The van der Waals surface area contributed by atoms with Crippen molar-refractivity contribution in [2.75, 3.05) is 33.4 Å². The quantitative estimate of drug-likeness (QED) is 0.883. The van der Waals surface area contributed by atoms with E-state index in [9.17, 15) is 4.79 Å². The zero-order chi connectivity index (χ0) is 17.3. The van der Waals surface area contributed by atoms with Gasteiger partial charge < -0.3 is 15.4 Å². The molecule has 2 aliphatic heterocycles. The van der Waals surface area contributed by atoms with Crippen LogP contribution in [0, 0.1) is 5.92 Å². The summed E-state index contributed by atoms with van der Waals surface area (Å²) >= 11 is 0. The molecule has 136 valence electrons. The number of hydrogen-bond donors (Lipinski definition) is 2. The Labute approximate surface area is 150 Å². The highest BCUT2D eigenvalue weighted by molar-refractivity contribution is 5.77. The summed E-state index contributed by atoms with van der Waals surface area (Å²) in [4.78, 5) is 14.2. The van der Waals surface area contributed by atoms with Crippen LogP contribution in [0.2, 0.25) is 0 Å². The Morgan fingerprint density at radius 1 is 1.20 bits per heavy atom. The van der Waals surface area contributed by atoms with E-state index in [1.165, 1.54) is 12.0 Å². The normalized spacial score (nSPS) is 35.1. The third-order valence-electron chi connectivity index (χ3n) is 6.60. The maximum atomic E-state index is 11.7. The Hall–Kier alpha value is -1.59. The summed E-state index contributed by atoms with van der Waals surface area (Å²) in [7, 11) is 2.27. The van der Waals surface area contributed by atoms with E-state index in [1.54, 1.807) is 0 Å². The SMILES string of the molecule is CN(CC1CCOC1)C1(c2ccccc2)CCC2(CC1)CNC(=O)N2. The van der Waals surface area contributed by atoms with Crippen molar-refractivity contribution in [2.24, 2.45) is 5.92 Å². The Morgan fingerprint density at radius 3 is 2.56 bits per heavy atom. The molecule has 2 N–H and O–H groups in total. The Balaban J connectivity index is 1.56. The number of amides is 2. The second kappa shape index (κ2) is 6.61. The highest BCUT2D eigenvalue weighted by Gasteiger charge is 2.48. The summed E-state index contributed by atoms with van der Waals surface area (Å²) < 4.78 is 5.59. The zero-order valence-corrected chi connectivity index (χ0v) is 15.1. The maximum Gasteiger partial charge on any atom is 0.315 e. The Morgan fingerprint density at radius 2 is 1.96 bits per heavy atom. The lowest BCUT2D eigenvalue weighted by atomic mass is 9.68. The molecule has 1 spiro atoms. The lowest BCUT2D eigenvalue weighted by molar-refractivity contribution is 0.0319. The van der Waals surface area contributed by atoms with Crippen molar-refractivity contribution in [3.63, 3.8) is 0 Å². The largest absolute Gasteiger partial charge is 0.381 e. The number of carbonyl (C=O) groups excluding carboxylic acids is 1. The van der Waals surface area contributed by atoms with Gasteiger partial charge >= 0.3 is 6.03 Å². The van der Waals surface area contributed by atoms with Gasteiger partial charge in [-0.15, -0.1) is 0 Å². The molecule has 5 nitrogen and oxygen atoms in total. The molecule has 2 saturated heterocycles. The van der Waals surface area contributed by atoms with Gasteiger partial charge in [0.2, 0.25) is 0 Å². The number of benzene rings is 1. The number of urea groups is 1. The molecule has 1 unspecified atom stereocenters. The first-order valence-electron chi connectivity index (χ1n) is 9.53. The average molecular weight is 343 g/mol. The first-order valence-corrected chi connectivity index (χ1v) is 9.53. The molecule has 2 heterocycles. The molecule has 3 fully saturated rings. The second-order valence-corrected chi connectivity index (χ2v) is 8.10. The third-order valence-corrected chi connectivity index (χ3v) is 6.60. The van der Waals surface area contributed by atoms with Crippen molar-refractivity contribution in [2.45, 2.75) is 43.2 Å². The smallest absolute Gasteiger partial charge is 0.315 e. The molecule has 1 aromatic carbocycles. The lowest BCUT2D eigenvalue weighted by Crippen LogP contribution is -2.55. The fourth-order valence-electron chi connectivity index (χ4n) is 4.95. The van der Waals surface area contributed by atoms with Crippen molar-refractivity contribution in [3.8, 4) is 0 Å². The molecule has 1 aromatic rings. The van der Waals surface area contributed by atoms with E-state index in [0.717, 1.165) is 52.0 Å². The summed E-state index contributed by atoms with van der Waals surface area (Å²) in [5.74, 6) is 0.634. The monoisotopic (exact) mass is 343 g/mol. The van der Waals surface area contributed by atoms with E-state index in [-0.39, 0.29) is 17.1 Å². The third kappa shape index (κ3) is 3.15. The van der Waals surface area contributed by atoms with Crippen molar-refractivity contribution in [3.05, 3.63) is 35.9 Å². The van der Waals surface area contributed by atoms with Gasteiger partial charge in [0, 0.05) is 25.2 Å². The fourth-order valence-corrected chi connectivity index (χ4v) is 4.95. The molecule has 1 atom stereocenters. The Kier molecular flexibility index (Phi) is 4.46. The van der Waals surface area contributed by atoms with Crippen LogP contribution in [0.1, 0.15) is 37.7 Å². The second-order valence-electron chi connectivity index (χ2n) is 8.10. The van der Waals surface area contributed by atoms with Crippen LogP contribution in [0.5, 0.6) is 0 Å². The minimum Gasteiger partial charge on any atom is -0.381 e. The minimum atomic E-state index is -0.0489. The number of hydrogen-bond acceptors (Lipinski definition) is 3. The van der Waals surface area contributed by atoms with Gasteiger partial charge in [-0.05, 0) is 50.6 Å². The van der Waals surface area contributed by atoms with Crippen LogP contribution >= 0.6 is 0 Å². The first kappa shape index (κ1) is 16.9. The molecule has 0 aromatic heterocycles. The summed E-state index contributed by atoms with van der Waals surface area (Å²) in [5.41, 5.74) is 1.42. The molecular formula is C20H29N3O2. The highest BCUT2D eigenvalue weighted by atomic mass is 16.5. The number of nitrogens with one attached hydrogen (secondary N) is 2. The molecule has 4 rings (SSSR count). The van der Waals surface area contributed by atoms with Gasteiger partial charge in [-0.25, -0.2) is 4.79 Å². The number of rotatable bonds is 4. The number of ether oxygens (including phenoxy) is 1. The average Bonchev–Trinajstić information content (AvgIpc) is 3.27. The topological polar surface area (TPSA) is 53.6 Å². The molecule has 0 radical (unpaired) electrons.